The number of carbonyl (C=O) groups excluding carboxylic acids is 1. The number of halogens is 1. The second-order valence-corrected chi connectivity index (χ2v) is 8.42. The summed E-state index contributed by atoms with van der Waals surface area (Å²) in [6.45, 7) is 0. The summed E-state index contributed by atoms with van der Waals surface area (Å²) < 4.78 is 1.63. The molecular formula is C18H16BrN3OS2. The van der Waals surface area contributed by atoms with Crippen molar-refractivity contribution in [2.75, 3.05) is 11.1 Å². The summed E-state index contributed by atoms with van der Waals surface area (Å²) in [5.74, 6) is 0.783. The van der Waals surface area contributed by atoms with Crippen molar-refractivity contribution < 1.29 is 4.79 Å². The van der Waals surface area contributed by atoms with Crippen molar-refractivity contribution >= 4 is 50.1 Å². The molecule has 4 nitrogen and oxygen atoms in total. The third-order valence-electron chi connectivity index (χ3n) is 3.42. The normalized spacial score (nSPS) is 10.6. The summed E-state index contributed by atoms with van der Waals surface area (Å²) in [5.41, 5.74) is 1.93. The van der Waals surface area contributed by atoms with Crippen LogP contribution in [0.5, 0.6) is 0 Å². The highest BCUT2D eigenvalue weighted by Gasteiger charge is 2.12. The lowest BCUT2D eigenvalue weighted by Gasteiger charge is -2.02. The second-order valence-electron chi connectivity index (χ2n) is 5.24. The van der Waals surface area contributed by atoms with Crippen LogP contribution < -0.4 is 5.32 Å². The fraction of sp³-hybridized carbons (Fsp3) is 0.167. The maximum atomic E-state index is 12.3. The smallest absolute Gasteiger partial charge is 0.258 e. The number of benzene rings is 2. The van der Waals surface area contributed by atoms with Crippen LogP contribution in [0.1, 0.15) is 22.3 Å². The van der Waals surface area contributed by atoms with Gasteiger partial charge in [-0.15, -0.1) is 10.2 Å². The minimum Gasteiger partial charge on any atom is -0.296 e. The van der Waals surface area contributed by atoms with Gasteiger partial charge in [-0.3, -0.25) is 10.1 Å². The number of hydrogen-bond donors (Lipinski definition) is 1. The van der Waals surface area contributed by atoms with Gasteiger partial charge in [0.25, 0.3) is 5.91 Å². The molecule has 0 atom stereocenters. The van der Waals surface area contributed by atoms with E-state index in [0.717, 1.165) is 27.4 Å². The van der Waals surface area contributed by atoms with Crippen LogP contribution in [-0.4, -0.2) is 21.9 Å². The van der Waals surface area contributed by atoms with Crippen molar-refractivity contribution in [1.29, 1.82) is 0 Å². The number of carbonyl (C=O) groups is 1. The quantitative estimate of drug-likeness (QED) is 0.312. The highest BCUT2D eigenvalue weighted by molar-refractivity contribution is 9.10. The van der Waals surface area contributed by atoms with Gasteiger partial charge in [-0.25, -0.2) is 0 Å². The predicted molar refractivity (Wildman–Crippen MR) is 107 cm³/mol. The number of thioether (sulfide) groups is 1. The lowest BCUT2D eigenvalue weighted by atomic mass is 10.1. The van der Waals surface area contributed by atoms with Gasteiger partial charge in [0.15, 0.2) is 4.34 Å². The fourth-order valence-electron chi connectivity index (χ4n) is 2.21. The second kappa shape index (κ2) is 9.12. The number of nitrogens with one attached hydrogen (secondary N) is 1. The van der Waals surface area contributed by atoms with E-state index in [1.807, 2.05) is 24.3 Å². The third-order valence-corrected chi connectivity index (χ3v) is 6.17. The van der Waals surface area contributed by atoms with Crippen LogP contribution in [0, 0.1) is 0 Å². The lowest BCUT2D eigenvalue weighted by molar-refractivity contribution is 0.102. The molecule has 0 saturated heterocycles. The molecule has 7 heteroatoms. The van der Waals surface area contributed by atoms with Gasteiger partial charge < -0.3 is 0 Å². The highest BCUT2D eigenvalue weighted by Crippen LogP contribution is 2.27. The number of nitrogens with zero attached hydrogens (tertiary/aromatic N) is 2. The number of rotatable bonds is 7. The molecule has 1 aromatic heterocycles. The molecular weight excluding hydrogens is 418 g/mol. The van der Waals surface area contributed by atoms with Gasteiger partial charge in [-0.1, -0.05) is 65.6 Å². The Morgan fingerprint density at radius 1 is 1.08 bits per heavy atom. The Balaban J connectivity index is 1.47. The van der Waals surface area contributed by atoms with Crippen molar-refractivity contribution in [3.05, 3.63) is 70.2 Å². The molecule has 0 aliphatic carbocycles. The first kappa shape index (κ1) is 18.1. The molecule has 1 amide bonds. The Hall–Kier alpha value is -1.70. The molecule has 3 aromatic rings. The van der Waals surface area contributed by atoms with Crippen molar-refractivity contribution in [1.82, 2.24) is 10.2 Å². The molecule has 2 aromatic carbocycles. The van der Waals surface area contributed by atoms with E-state index in [9.17, 15) is 4.79 Å². The number of hydrogen-bond acceptors (Lipinski definition) is 5. The zero-order valence-electron chi connectivity index (χ0n) is 13.3. The average molecular weight is 434 g/mol. The van der Waals surface area contributed by atoms with E-state index in [1.54, 1.807) is 17.8 Å². The van der Waals surface area contributed by atoms with E-state index >= 15 is 0 Å². The molecule has 25 heavy (non-hydrogen) atoms. The number of anilines is 1. The van der Waals surface area contributed by atoms with Crippen LogP contribution in [0.3, 0.4) is 0 Å². The van der Waals surface area contributed by atoms with Crippen molar-refractivity contribution in [3.8, 4) is 0 Å². The summed E-state index contributed by atoms with van der Waals surface area (Å²) in [5, 5.41) is 11.5. The third kappa shape index (κ3) is 5.39. The van der Waals surface area contributed by atoms with Crippen LogP contribution in [0.15, 0.2) is 63.4 Å². The summed E-state index contributed by atoms with van der Waals surface area (Å²) >= 11 is 6.45. The monoisotopic (exact) mass is 433 g/mol. The summed E-state index contributed by atoms with van der Waals surface area (Å²) in [6, 6.07) is 17.7. The van der Waals surface area contributed by atoms with Gasteiger partial charge in [-0.05, 0) is 46.5 Å². The Morgan fingerprint density at radius 3 is 2.64 bits per heavy atom. The predicted octanol–water partition coefficient (Wildman–Crippen LogP) is 5.28. The Kier molecular flexibility index (Phi) is 6.61. The van der Waals surface area contributed by atoms with E-state index in [-0.39, 0.29) is 5.91 Å². The first-order valence-corrected chi connectivity index (χ1v) is 10.4. The van der Waals surface area contributed by atoms with E-state index in [2.05, 4.69) is 55.7 Å². The Bertz CT molecular complexity index is 839. The maximum absolute atomic E-state index is 12.3. The first-order chi connectivity index (χ1) is 12.2. The van der Waals surface area contributed by atoms with Crippen LogP contribution in [0.2, 0.25) is 0 Å². The molecule has 3 rings (SSSR count). The first-order valence-electron chi connectivity index (χ1n) is 7.78. The van der Waals surface area contributed by atoms with E-state index in [4.69, 9.17) is 0 Å². The SMILES string of the molecule is O=C(Nc1nnc(SCCCc2ccccc2)s1)c1ccccc1Br. The summed E-state index contributed by atoms with van der Waals surface area (Å²) in [7, 11) is 0. The van der Waals surface area contributed by atoms with Gasteiger partial charge in [0.2, 0.25) is 5.13 Å². The molecule has 0 bridgehead atoms. The van der Waals surface area contributed by atoms with Gasteiger partial charge in [0.1, 0.15) is 0 Å². The molecule has 0 saturated carbocycles. The van der Waals surface area contributed by atoms with Gasteiger partial charge in [0.05, 0.1) is 5.56 Å². The van der Waals surface area contributed by atoms with Gasteiger partial charge in [-0.2, -0.15) is 0 Å². The van der Waals surface area contributed by atoms with Gasteiger partial charge >= 0.3 is 0 Å². The zero-order valence-corrected chi connectivity index (χ0v) is 16.5. The molecule has 0 aliphatic rings. The van der Waals surface area contributed by atoms with Crippen molar-refractivity contribution in [3.63, 3.8) is 0 Å². The van der Waals surface area contributed by atoms with E-state index in [1.165, 1.54) is 16.9 Å². The Labute approximate surface area is 163 Å². The number of amides is 1. The highest BCUT2D eigenvalue weighted by atomic mass is 79.9. The number of aryl methyl sites for hydroxylation is 1. The number of aromatic nitrogens is 2. The lowest BCUT2D eigenvalue weighted by Crippen LogP contribution is -2.12. The standard InChI is InChI=1S/C18H16BrN3OS2/c19-15-11-5-4-10-14(15)16(23)20-17-21-22-18(25-17)24-12-6-9-13-7-2-1-3-8-13/h1-5,7-8,10-11H,6,9,12H2,(H,20,21,23). The van der Waals surface area contributed by atoms with Crippen LogP contribution in [0.25, 0.3) is 0 Å². The molecule has 0 fully saturated rings. The van der Waals surface area contributed by atoms with Crippen LogP contribution in [0.4, 0.5) is 5.13 Å². The topological polar surface area (TPSA) is 54.9 Å². The average Bonchev–Trinajstić information content (AvgIpc) is 3.07. The molecule has 0 unspecified atom stereocenters. The fourth-order valence-corrected chi connectivity index (χ4v) is 4.43. The largest absolute Gasteiger partial charge is 0.296 e. The summed E-state index contributed by atoms with van der Waals surface area (Å²) in [6.07, 6.45) is 2.13. The molecule has 1 N–H and O–H groups in total. The molecule has 1 heterocycles. The van der Waals surface area contributed by atoms with Crippen molar-refractivity contribution in [2.24, 2.45) is 0 Å². The maximum Gasteiger partial charge on any atom is 0.258 e. The summed E-state index contributed by atoms with van der Waals surface area (Å²) in [4.78, 5) is 12.3. The van der Waals surface area contributed by atoms with Gasteiger partial charge in [0, 0.05) is 10.2 Å². The minimum atomic E-state index is -0.191. The molecule has 0 radical (unpaired) electrons. The molecule has 128 valence electrons. The zero-order chi connectivity index (χ0) is 17.5. The van der Waals surface area contributed by atoms with Crippen molar-refractivity contribution in [2.45, 2.75) is 17.2 Å². The van der Waals surface area contributed by atoms with Crippen LogP contribution in [-0.2, 0) is 6.42 Å². The van der Waals surface area contributed by atoms with E-state index < -0.39 is 0 Å². The molecule has 0 spiro atoms. The molecule has 0 aliphatic heterocycles. The Morgan fingerprint density at radius 2 is 1.84 bits per heavy atom. The van der Waals surface area contributed by atoms with Crippen LogP contribution >= 0.6 is 39.0 Å². The van der Waals surface area contributed by atoms with E-state index in [0.29, 0.717) is 10.7 Å². The minimum absolute atomic E-state index is 0.191.